The predicted octanol–water partition coefficient (Wildman–Crippen LogP) is 4.17. The predicted molar refractivity (Wildman–Crippen MR) is 115 cm³/mol. The number of carbonyl (C=O) groups excluding carboxylic acids is 1. The number of aromatic nitrogens is 3. The van der Waals surface area contributed by atoms with Crippen molar-refractivity contribution in [1.82, 2.24) is 14.9 Å². The molecule has 0 fully saturated rings. The number of carbonyl (C=O) groups is 1. The van der Waals surface area contributed by atoms with Gasteiger partial charge in [0.15, 0.2) is 5.82 Å². The van der Waals surface area contributed by atoms with Crippen molar-refractivity contribution in [1.29, 1.82) is 0 Å². The van der Waals surface area contributed by atoms with Crippen LogP contribution in [0.2, 0.25) is 0 Å². The lowest BCUT2D eigenvalue weighted by Crippen LogP contribution is -2.24. The summed E-state index contributed by atoms with van der Waals surface area (Å²) in [5.41, 5.74) is 0.572. The number of benzene rings is 2. The number of hydrogen-bond donors (Lipinski definition) is 2. The number of rotatable bonds is 6. The molecule has 0 bridgehead atoms. The second kappa shape index (κ2) is 8.70. The number of thioether (sulfide) groups is 1. The Morgan fingerprint density at radius 3 is 2.43 bits per heavy atom. The molecule has 0 aliphatic carbocycles. The van der Waals surface area contributed by atoms with Gasteiger partial charge in [-0.25, -0.2) is 4.68 Å². The highest BCUT2D eigenvalue weighted by molar-refractivity contribution is 8.00. The van der Waals surface area contributed by atoms with Gasteiger partial charge in [-0.15, -0.1) is 10.2 Å². The molecule has 1 heterocycles. The van der Waals surface area contributed by atoms with Gasteiger partial charge in [-0.1, -0.05) is 74.6 Å². The van der Waals surface area contributed by atoms with Crippen LogP contribution in [0, 0.1) is 0 Å². The van der Waals surface area contributed by atoms with E-state index in [1.165, 1.54) is 16.4 Å². The van der Waals surface area contributed by atoms with Crippen LogP contribution >= 0.6 is 23.5 Å². The number of nitrogens with one attached hydrogen (secondary N) is 1. The van der Waals surface area contributed by atoms with Crippen molar-refractivity contribution in [2.45, 2.75) is 41.1 Å². The van der Waals surface area contributed by atoms with Gasteiger partial charge in [0, 0.05) is 15.2 Å². The molecule has 1 aromatic heterocycles. The van der Waals surface area contributed by atoms with Crippen LogP contribution in [0.25, 0.3) is 0 Å². The van der Waals surface area contributed by atoms with E-state index in [1.807, 2.05) is 75.4 Å². The van der Waals surface area contributed by atoms with E-state index >= 15 is 0 Å². The zero-order chi connectivity index (χ0) is 20.1. The third-order valence-corrected chi connectivity index (χ3v) is 5.83. The number of nitrogens with two attached hydrogens (primary N) is 1. The molecule has 3 rings (SSSR count). The Bertz CT molecular complexity index is 951. The molecular weight excluding hydrogens is 390 g/mol. The SMILES string of the molecule is CC(C)(C)c1nnc(SCC(=O)Nc2ccccc2Sc2ccccc2)n1N. The van der Waals surface area contributed by atoms with Crippen LogP contribution in [0.5, 0.6) is 0 Å². The van der Waals surface area contributed by atoms with E-state index < -0.39 is 0 Å². The maximum Gasteiger partial charge on any atom is 0.234 e. The Morgan fingerprint density at radius 2 is 1.75 bits per heavy atom. The van der Waals surface area contributed by atoms with Gasteiger partial charge in [-0.05, 0) is 24.3 Å². The van der Waals surface area contributed by atoms with Crippen molar-refractivity contribution >= 4 is 35.1 Å². The summed E-state index contributed by atoms with van der Waals surface area (Å²) in [5.74, 6) is 6.83. The summed E-state index contributed by atoms with van der Waals surface area (Å²) in [6, 6.07) is 17.8. The van der Waals surface area contributed by atoms with E-state index in [-0.39, 0.29) is 17.1 Å². The number of para-hydroxylation sites is 1. The molecule has 146 valence electrons. The number of anilines is 1. The first kappa shape index (κ1) is 20.3. The summed E-state index contributed by atoms with van der Waals surface area (Å²) in [6.07, 6.45) is 0. The number of nitrogens with zero attached hydrogens (tertiary/aromatic N) is 3. The summed E-state index contributed by atoms with van der Waals surface area (Å²) < 4.78 is 1.46. The van der Waals surface area contributed by atoms with Gasteiger partial charge < -0.3 is 11.2 Å². The molecule has 2 aromatic carbocycles. The van der Waals surface area contributed by atoms with Crippen LogP contribution in [0.15, 0.2) is 69.5 Å². The molecule has 0 radical (unpaired) electrons. The first-order valence-electron chi connectivity index (χ1n) is 8.80. The second-order valence-electron chi connectivity index (χ2n) is 7.17. The lowest BCUT2D eigenvalue weighted by Gasteiger charge is -2.16. The van der Waals surface area contributed by atoms with Crippen LogP contribution in [-0.4, -0.2) is 26.5 Å². The highest BCUT2D eigenvalue weighted by Crippen LogP contribution is 2.33. The Balaban J connectivity index is 1.64. The highest BCUT2D eigenvalue weighted by atomic mass is 32.2. The lowest BCUT2D eigenvalue weighted by atomic mass is 9.96. The fraction of sp³-hybridized carbons (Fsp3) is 0.250. The van der Waals surface area contributed by atoms with Gasteiger partial charge >= 0.3 is 0 Å². The zero-order valence-electron chi connectivity index (χ0n) is 16.0. The van der Waals surface area contributed by atoms with E-state index in [4.69, 9.17) is 5.84 Å². The van der Waals surface area contributed by atoms with Crippen LogP contribution in [0.1, 0.15) is 26.6 Å². The molecule has 3 N–H and O–H groups in total. The number of nitrogen functional groups attached to an aromatic ring is 1. The van der Waals surface area contributed by atoms with Crippen molar-refractivity contribution in [2.24, 2.45) is 0 Å². The first-order valence-corrected chi connectivity index (χ1v) is 10.6. The quantitative estimate of drug-likeness (QED) is 0.466. The van der Waals surface area contributed by atoms with E-state index in [2.05, 4.69) is 15.5 Å². The van der Waals surface area contributed by atoms with Crippen molar-refractivity contribution < 1.29 is 4.79 Å². The molecule has 0 aliphatic rings. The van der Waals surface area contributed by atoms with Crippen molar-refractivity contribution in [3.8, 4) is 0 Å². The maximum absolute atomic E-state index is 12.5. The molecule has 3 aromatic rings. The standard InChI is InChI=1S/C20H23N5OS2/c1-20(2,3)18-23-24-19(25(18)21)27-13-17(26)22-15-11-7-8-12-16(15)28-14-9-5-4-6-10-14/h4-12H,13,21H2,1-3H3,(H,22,26). The van der Waals surface area contributed by atoms with Gasteiger partial charge in [0.1, 0.15) is 0 Å². The Kier molecular flexibility index (Phi) is 6.31. The topological polar surface area (TPSA) is 85.8 Å². The van der Waals surface area contributed by atoms with Crippen LogP contribution in [0.3, 0.4) is 0 Å². The zero-order valence-corrected chi connectivity index (χ0v) is 17.7. The lowest BCUT2D eigenvalue weighted by molar-refractivity contribution is -0.113. The minimum absolute atomic E-state index is 0.119. The van der Waals surface area contributed by atoms with Crippen molar-refractivity contribution in [3.05, 3.63) is 60.4 Å². The van der Waals surface area contributed by atoms with E-state index in [0.29, 0.717) is 11.0 Å². The van der Waals surface area contributed by atoms with Crippen LogP contribution < -0.4 is 11.2 Å². The highest BCUT2D eigenvalue weighted by Gasteiger charge is 2.23. The molecule has 28 heavy (non-hydrogen) atoms. The largest absolute Gasteiger partial charge is 0.336 e. The van der Waals surface area contributed by atoms with Gasteiger partial charge in [0.25, 0.3) is 0 Å². The molecule has 8 heteroatoms. The van der Waals surface area contributed by atoms with E-state index in [0.717, 1.165) is 15.5 Å². The fourth-order valence-electron chi connectivity index (χ4n) is 2.48. The Labute approximate surface area is 173 Å². The third-order valence-electron chi connectivity index (χ3n) is 3.80. The second-order valence-corrected chi connectivity index (χ2v) is 9.23. The summed E-state index contributed by atoms with van der Waals surface area (Å²) in [7, 11) is 0. The van der Waals surface area contributed by atoms with E-state index in [1.54, 1.807) is 11.8 Å². The summed E-state index contributed by atoms with van der Waals surface area (Å²) in [6.45, 7) is 6.05. The molecular formula is C20H23N5OS2. The minimum Gasteiger partial charge on any atom is -0.336 e. The van der Waals surface area contributed by atoms with Gasteiger partial charge in [-0.3, -0.25) is 4.79 Å². The van der Waals surface area contributed by atoms with E-state index in [9.17, 15) is 4.79 Å². The molecule has 0 aliphatic heterocycles. The summed E-state index contributed by atoms with van der Waals surface area (Å²) in [4.78, 5) is 14.6. The summed E-state index contributed by atoms with van der Waals surface area (Å²) in [5, 5.41) is 11.7. The smallest absolute Gasteiger partial charge is 0.234 e. The van der Waals surface area contributed by atoms with Crippen LogP contribution in [-0.2, 0) is 10.2 Å². The molecule has 0 unspecified atom stereocenters. The van der Waals surface area contributed by atoms with Gasteiger partial charge in [0.2, 0.25) is 11.1 Å². The maximum atomic E-state index is 12.5. The fourth-order valence-corrected chi connectivity index (χ4v) is 4.06. The van der Waals surface area contributed by atoms with Gasteiger partial charge in [0.05, 0.1) is 11.4 Å². The monoisotopic (exact) mass is 413 g/mol. The average Bonchev–Trinajstić information content (AvgIpc) is 3.03. The average molecular weight is 414 g/mol. The first-order chi connectivity index (χ1) is 13.3. The van der Waals surface area contributed by atoms with Gasteiger partial charge in [-0.2, -0.15) is 0 Å². The minimum atomic E-state index is -0.212. The molecule has 1 amide bonds. The number of amides is 1. The normalized spacial score (nSPS) is 11.4. The van der Waals surface area contributed by atoms with Crippen molar-refractivity contribution in [3.63, 3.8) is 0 Å². The molecule has 0 spiro atoms. The molecule has 0 saturated heterocycles. The van der Waals surface area contributed by atoms with Crippen LogP contribution in [0.4, 0.5) is 5.69 Å². The molecule has 0 atom stereocenters. The Morgan fingerprint density at radius 1 is 1.07 bits per heavy atom. The number of hydrogen-bond acceptors (Lipinski definition) is 6. The Hall–Kier alpha value is -2.45. The summed E-state index contributed by atoms with van der Waals surface area (Å²) >= 11 is 2.88. The van der Waals surface area contributed by atoms with Crippen molar-refractivity contribution in [2.75, 3.05) is 16.9 Å². The third kappa shape index (κ3) is 5.08. The molecule has 6 nitrogen and oxygen atoms in total. The molecule has 0 saturated carbocycles.